The summed E-state index contributed by atoms with van der Waals surface area (Å²) in [5, 5.41) is 12.2. The predicted octanol–water partition coefficient (Wildman–Crippen LogP) is 3.99. The van der Waals surface area contributed by atoms with Crippen molar-refractivity contribution >= 4 is 12.3 Å². The highest BCUT2D eigenvalue weighted by atomic mass is 16.7. The molecule has 41 heavy (non-hydrogen) atoms. The molecule has 0 radical (unpaired) electrons. The molecule has 3 saturated heterocycles. The van der Waals surface area contributed by atoms with E-state index in [1.807, 2.05) is 46.8 Å². The Morgan fingerprint density at radius 3 is 2.56 bits per heavy atom. The van der Waals surface area contributed by atoms with Crippen molar-refractivity contribution < 1.29 is 42.8 Å². The van der Waals surface area contributed by atoms with Gasteiger partial charge >= 0.3 is 5.97 Å². The first-order valence-corrected chi connectivity index (χ1v) is 14.9. The number of aldehydes is 1. The minimum absolute atomic E-state index is 0.172. The first kappa shape index (κ1) is 27.8. The summed E-state index contributed by atoms with van der Waals surface area (Å²) in [6.45, 7) is 12.4. The van der Waals surface area contributed by atoms with Crippen LogP contribution in [0.25, 0.3) is 0 Å². The van der Waals surface area contributed by atoms with Gasteiger partial charge in [-0.2, -0.15) is 0 Å². The molecule has 3 aliphatic carbocycles. The minimum Gasteiger partial charge on any atom is -0.472 e. The Morgan fingerprint density at radius 1 is 1.17 bits per heavy atom. The van der Waals surface area contributed by atoms with Gasteiger partial charge < -0.3 is 38.0 Å². The number of methoxy groups -OCH3 is 1. The van der Waals surface area contributed by atoms with Crippen LogP contribution >= 0.6 is 0 Å². The summed E-state index contributed by atoms with van der Waals surface area (Å²) < 4.78 is 37.8. The van der Waals surface area contributed by atoms with Crippen molar-refractivity contribution in [2.45, 2.75) is 96.3 Å². The third-order valence-corrected chi connectivity index (χ3v) is 12.7. The summed E-state index contributed by atoms with van der Waals surface area (Å²) in [4.78, 5) is 27.0. The van der Waals surface area contributed by atoms with Crippen molar-refractivity contribution in [3.05, 3.63) is 36.3 Å². The molecular weight excluding hydrogens is 528 g/mol. The van der Waals surface area contributed by atoms with E-state index < -0.39 is 57.5 Å². The largest absolute Gasteiger partial charge is 0.472 e. The zero-order chi connectivity index (χ0) is 29.4. The van der Waals surface area contributed by atoms with E-state index in [2.05, 4.69) is 6.92 Å². The maximum Gasteiger partial charge on any atom is 0.309 e. The smallest absolute Gasteiger partial charge is 0.309 e. The van der Waals surface area contributed by atoms with Gasteiger partial charge in [0.1, 0.15) is 18.0 Å². The zero-order valence-corrected chi connectivity index (χ0v) is 24.9. The SMILES string of the molecule is CCC(C)C(=O)O[C@@H]1[C@@H]2OC[C@]3(C)C=C[C@]4(O)O[C@@H](OC)[C@H]([C@]1(C)[C@@]15O[C@@H]1C[C@@H](c1ccoc1)[C@]5(C)C=O)[C@]4(C)[C@@H]23. The van der Waals surface area contributed by atoms with E-state index in [4.69, 9.17) is 28.1 Å². The average Bonchev–Trinajstić information content (AvgIpc) is 3.25. The van der Waals surface area contributed by atoms with Crippen molar-refractivity contribution in [3.63, 3.8) is 0 Å². The average molecular weight is 571 g/mol. The van der Waals surface area contributed by atoms with E-state index in [0.717, 1.165) is 11.8 Å². The number of carbonyl (C=O) groups excluding carboxylic acids is 2. The summed E-state index contributed by atoms with van der Waals surface area (Å²) in [5.74, 6) is -3.23. The van der Waals surface area contributed by atoms with Crippen LogP contribution in [0.5, 0.6) is 0 Å². The summed E-state index contributed by atoms with van der Waals surface area (Å²) in [5.41, 5.74) is -3.51. The van der Waals surface area contributed by atoms with Crippen LogP contribution in [0.1, 0.15) is 65.9 Å². The van der Waals surface area contributed by atoms with Gasteiger partial charge in [0.2, 0.25) is 0 Å². The lowest BCUT2D eigenvalue weighted by Crippen LogP contribution is -2.74. The van der Waals surface area contributed by atoms with Crippen LogP contribution in [-0.2, 0) is 33.3 Å². The Labute approximate surface area is 240 Å². The molecule has 5 fully saturated rings. The van der Waals surface area contributed by atoms with Crippen LogP contribution in [0.4, 0.5) is 0 Å². The van der Waals surface area contributed by atoms with E-state index in [9.17, 15) is 14.7 Å². The molecule has 0 spiro atoms. The van der Waals surface area contributed by atoms with Crippen molar-refractivity contribution in [2.75, 3.05) is 13.7 Å². The molecule has 7 rings (SSSR count). The lowest BCUT2D eigenvalue weighted by atomic mass is 9.39. The molecule has 14 atom stereocenters. The second-order valence-corrected chi connectivity index (χ2v) is 14.3. The molecule has 2 saturated carbocycles. The summed E-state index contributed by atoms with van der Waals surface area (Å²) in [6.07, 6.45) is 6.81. The van der Waals surface area contributed by atoms with Gasteiger partial charge in [-0.05, 0) is 37.5 Å². The number of fused-ring (bicyclic) bond motifs is 1. The summed E-state index contributed by atoms with van der Waals surface area (Å²) in [7, 11) is 1.57. The fraction of sp³-hybridized carbons (Fsp3) is 0.750. The Kier molecular flexibility index (Phi) is 5.63. The third kappa shape index (κ3) is 2.91. The molecule has 1 aromatic rings. The molecule has 1 N–H and O–H groups in total. The molecule has 0 bridgehead atoms. The van der Waals surface area contributed by atoms with E-state index in [-0.39, 0.29) is 29.8 Å². The van der Waals surface area contributed by atoms with E-state index >= 15 is 0 Å². The van der Waals surface area contributed by atoms with Crippen molar-refractivity contribution in [3.8, 4) is 0 Å². The highest BCUT2D eigenvalue weighted by Gasteiger charge is 2.91. The maximum absolute atomic E-state index is 13.6. The second kappa shape index (κ2) is 8.32. The highest BCUT2D eigenvalue weighted by Crippen LogP contribution is 2.81. The lowest BCUT2D eigenvalue weighted by Gasteiger charge is -2.64. The normalized spacial score (nSPS) is 54.9. The predicted molar refractivity (Wildman–Crippen MR) is 144 cm³/mol. The molecule has 3 aliphatic heterocycles. The Morgan fingerprint density at radius 2 is 1.93 bits per heavy atom. The number of epoxide rings is 1. The minimum atomic E-state index is -1.65. The van der Waals surface area contributed by atoms with Crippen molar-refractivity contribution in [1.29, 1.82) is 0 Å². The van der Waals surface area contributed by atoms with Gasteiger partial charge in [0.15, 0.2) is 12.1 Å². The number of hydrogen-bond donors (Lipinski definition) is 1. The number of furan rings is 1. The number of hydrogen-bond acceptors (Lipinski definition) is 9. The topological polar surface area (TPSA) is 117 Å². The molecule has 1 unspecified atom stereocenters. The van der Waals surface area contributed by atoms with Crippen molar-refractivity contribution in [1.82, 2.24) is 0 Å². The van der Waals surface area contributed by atoms with Crippen LogP contribution in [0.15, 0.2) is 35.2 Å². The monoisotopic (exact) mass is 570 g/mol. The molecule has 1 aromatic heterocycles. The van der Waals surface area contributed by atoms with Gasteiger partial charge in [0, 0.05) is 41.1 Å². The Balaban J connectivity index is 1.48. The number of rotatable bonds is 7. The standard InChI is InChI=1S/C32H42O9/c1-8-17(2)25(34)39-24-21-22-27(3,16-38-21)10-11-31(35)29(22,5)23(26(36-7)41-31)30(24,6)32-20(40-32)13-19(28(32,4)15-33)18-9-12-37-14-18/h9-12,14-15,17,19-24,26,35H,8,13,16H2,1-7H3/t17?,19-,20+,21+,22-,23-,24+,26+,27-,28-,29-,30-,31-,32+/m0/s1. The summed E-state index contributed by atoms with van der Waals surface area (Å²) >= 11 is 0. The Hall–Kier alpha value is -2.04. The fourth-order valence-corrected chi connectivity index (χ4v) is 10.5. The number of ether oxygens (including phenoxy) is 5. The van der Waals surface area contributed by atoms with Gasteiger partial charge in [0.05, 0.1) is 42.7 Å². The van der Waals surface area contributed by atoms with Crippen LogP contribution in [0, 0.1) is 39.4 Å². The number of esters is 1. The molecule has 9 nitrogen and oxygen atoms in total. The van der Waals surface area contributed by atoms with Gasteiger partial charge in [-0.3, -0.25) is 4.79 Å². The van der Waals surface area contributed by atoms with E-state index in [0.29, 0.717) is 19.4 Å². The van der Waals surface area contributed by atoms with Gasteiger partial charge in [-0.15, -0.1) is 0 Å². The van der Waals surface area contributed by atoms with Gasteiger partial charge in [-0.25, -0.2) is 0 Å². The van der Waals surface area contributed by atoms with E-state index in [1.54, 1.807) is 25.7 Å². The molecule has 0 amide bonds. The molecule has 224 valence electrons. The molecule has 0 aromatic carbocycles. The lowest BCUT2D eigenvalue weighted by molar-refractivity contribution is -0.274. The highest BCUT2D eigenvalue weighted by molar-refractivity contribution is 5.73. The maximum atomic E-state index is 13.6. The second-order valence-electron chi connectivity index (χ2n) is 14.3. The van der Waals surface area contributed by atoms with E-state index in [1.165, 1.54) is 0 Å². The van der Waals surface area contributed by atoms with Crippen LogP contribution < -0.4 is 0 Å². The fourth-order valence-electron chi connectivity index (χ4n) is 10.5. The van der Waals surface area contributed by atoms with Crippen LogP contribution in [0.3, 0.4) is 0 Å². The first-order valence-electron chi connectivity index (χ1n) is 14.9. The molecule has 9 heteroatoms. The summed E-state index contributed by atoms with van der Waals surface area (Å²) in [6, 6.07) is 1.90. The quantitative estimate of drug-likeness (QED) is 0.225. The van der Waals surface area contributed by atoms with Gasteiger partial charge in [0.25, 0.3) is 0 Å². The molecular formula is C32H42O9. The molecule has 4 heterocycles. The van der Waals surface area contributed by atoms with Crippen molar-refractivity contribution in [2.24, 2.45) is 39.4 Å². The van der Waals surface area contributed by atoms with Crippen LogP contribution in [0.2, 0.25) is 0 Å². The Bertz CT molecular complexity index is 1290. The van der Waals surface area contributed by atoms with Gasteiger partial charge in [-0.1, -0.05) is 40.7 Å². The molecule has 6 aliphatic rings. The number of aliphatic hydroxyl groups is 1. The van der Waals surface area contributed by atoms with Crippen LogP contribution in [-0.4, -0.2) is 67.1 Å². The third-order valence-electron chi connectivity index (χ3n) is 12.7. The first-order chi connectivity index (χ1) is 19.3. The zero-order valence-electron chi connectivity index (χ0n) is 24.9. The number of carbonyl (C=O) groups is 2.